The van der Waals surface area contributed by atoms with E-state index in [1.54, 1.807) is 48.5 Å². The van der Waals surface area contributed by atoms with Crippen LogP contribution < -0.4 is 41.7 Å². The van der Waals surface area contributed by atoms with E-state index in [9.17, 15) is 59.8 Å². The Morgan fingerprint density at radius 1 is 0.492 bits per heavy atom. The molecule has 6 aromatic carbocycles. The number of rotatable bonds is 10. The molecule has 0 aliphatic carbocycles. The molecular weight excluding hydrogens is 864 g/mol. The number of nitro benzene ring substituents is 2. The number of carbonyl (C=O) groups excluding carboxylic acids is 4. The van der Waals surface area contributed by atoms with Crippen molar-refractivity contribution in [2.45, 2.75) is 27.7 Å². The minimum Gasteiger partial charge on any atom is -0.871 e. The summed E-state index contributed by atoms with van der Waals surface area (Å²) in [5.41, 5.74) is -2.22. The summed E-state index contributed by atoms with van der Waals surface area (Å²) in [6, 6.07) is 19.1. The molecule has 0 saturated carbocycles. The molecule has 6 rings (SSSR count). The number of nitrogens with zero attached hydrogens (tertiary/aromatic N) is 6. The molecule has 1 radical (unpaired) electrons. The maximum absolute atomic E-state index is 12.5. The molecule has 6 aromatic rings. The number of benzene rings is 6. The number of hydrogen-bond acceptors (Lipinski definition) is 16. The third kappa shape index (κ3) is 11.4. The zero-order chi connectivity index (χ0) is 45.4. The SMILES string of the molecule is CC(=O)Nc1cc([N+](=O)[O-])cc(N=Nc2c([O-])ccc3cccc(NC(C)=O)c23)c1[O-].CC(=O)Nc1cc([N+](=O)[O-])cc(N=Nc2c([O-])ccc3cccc(NC(C)=O)c23)c1[O-].[Cr+3].[H+]. The Hall–Kier alpha value is -8.55. The summed E-state index contributed by atoms with van der Waals surface area (Å²) >= 11 is 0. The number of carbonyl (C=O) groups is 4. The van der Waals surface area contributed by atoms with Gasteiger partial charge in [-0.3, -0.25) is 39.4 Å². The van der Waals surface area contributed by atoms with Gasteiger partial charge < -0.3 is 41.7 Å². The van der Waals surface area contributed by atoms with E-state index in [2.05, 4.69) is 41.7 Å². The van der Waals surface area contributed by atoms with Crippen LogP contribution in [0.1, 0.15) is 29.1 Å². The first kappa shape index (κ1) is 47.1. The molecule has 0 aromatic heterocycles. The average Bonchev–Trinajstić information content (AvgIpc) is 3.19. The topological polar surface area (TPSA) is 344 Å². The average molecular weight is 896 g/mol. The Bertz CT molecular complexity index is 2720. The van der Waals surface area contributed by atoms with E-state index >= 15 is 0 Å². The van der Waals surface area contributed by atoms with Crippen LogP contribution in [0.2, 0.25) is 0 Å². The van der Waals surface area contributed by atoms with Crippen molar-refractivity contribution < 1.29 is 68.2 Å². The van der Waals surface area contributed by atoms with Gasteiger partial charge in [0.2, 0.25) is 23.6 Å². The van der Waals surface area contributed by atoms with Gasteiger partial charge in [0, 0.05) is 74.1 Å². The van der Waals surface area contributed by atoms with Crippen molar-refractivity contribution in [3.63, 3.8) is 0 Å². The summed E-state index contributed by atoms with van der Waals surface area (Å²) in [7, 11) is 0. The molecule has 4 amide bonds. The molecule has 0 saturated heterocycles. The number of nitro groups is 2. The van der Waals surface area contributed by atoms with Gasteiger partial charge in [0.25, 0.3) is 11.4 Å². The van der Waals surface area contributed by atoms with Gasteiger partial charge in [0.05, 0.1) is 44.0 Å². The Morgan fingerprint density at radius 2 is 0.825 bits per heavy atom. The Balaban J connectivity index is 0.000000330. The molecular formula is C40H31CrN10O12. The molecule has 4 N–H and O–H groups in total. The molecule has 0 spiro atoms. The summed E-state index contributed by atoms with van der Waals surface area (Å²) in [4.78, 5) is 66.5. The molecule has 0 heterocycles. The zero-order valence-electron chi connectivity index (χ0n) is 34.1. The fourth-order valence-electron chi connectivity index (χ4n) is 5.80. The molecule has 0 aliphatic rings. The van der Waals surface area contributed by atoms with Crippen LogP contribution >= 0.6 is 0 Å². The van der Waals surface area contributed by atoms with Crippen molar-refractivity contribution in [3.8, 4) is 23.0 Å². The monoisotopic (exact) mass is 895 g/mol. The van der Waals surface area contributed by atoms with Crippen LogP contribution in [0.3, 0.4) is 0 Å². The Morgan fingerprint density at radius 3 is 1.14 bits per heavy atom. The summed E-state index contributed by atoms with van der Waals surface area (Å²) < 4.78 is 0. The van der Waals surface area contributed by atoms with Gasteiger partial charge in [0.1, 0.15) is 0 Å². The van der Waals surface area contributed by atoms with Crippen LogP contribution in [-0.4, -0.2) is 33.5 Å². The normalized spacial score (nSPS) is 10.7. The molecule has 0 atom stereocenters. The third-order valence-electron chi connectivity index (χ3n) is 8.25. The third-order valence-corrected chi connectivity index (χ3v) is 8.25. The van der Waals surface area contributed by atoms with Crippen molar-refractivity contribution in [2.75, 3.05) is 21.3 Å². The number of hydrogen-bond donors (Lipinski definition) is 4. The summed E-state index contributed by atoms with van der Waals surface area (Å²) in [5, 5.41) is 99.0. The van der Waals surface area contributed by atoms with Crippen molar-refractivity contribution in [2.24, 2.45) is 20.5 Å². The Labute approximate surface area is 366 Å². The van der Waals surface area contributed by atoms with Crippen LogP contribution in [0.25, 0.3) is 21.5 Å². The molecule has 319 valence electrons. The second-order valence-electron chi connectivity index (χ2n) is 13.0. The van der Waals surface area contributed by atoms with E-state index in [1.807, 2.05) is 0 Å². The van der Waals surface area contributed by atoms with Gasteiger partial charge in [-0.1, -0.05) is 71.5 Å². The van der Waals surface area contributed by atoms with Gasteiger partial charge >= 0.3 is 18.8 Å². The van der Waals surface area contributed by atoms with Crippen molar-refractivity contribution >= 4 is 102 Å². The molecule has 0 fully saturated rings. The van der Waals surface area contributed by atoms with Crippen LogP contribution in [0.5, 0.6) is 23.0 Å². The summed E-state index contributed by atoms with van der Waals surface area (Å²) in [6.07, 6.45) is 0. The number of nitrogens with one attached hydrogen (secondary N) is 4. The van der Waals surface area contributed by atoms with Crippen molar-refractivity contribution in [1.29, 1.82) is 0 Å². The van der Waals surface area contributed by atoms with Gasteiger partial charge in [-0.2, -0.15) is 20.5 Å². The van der Waals surface area contributed by atoms with Crippen molar-refractivity contribution in [3.05, 3.63) is 105 Å². The van der Waals surface area contributed by atoms with Crippen LogP contribution in [0.4, 0.5) is 56.9 Å². The summed E-state index contributed by atoms with van der Waals surface area (Å²) in [6.45, 7) is 4.89. The smallest absolute Gasteiger partial charge is 0.871 e. The molecule has 0 aliphatic heterocycles. The second-order valence-corrected chi connectivity index (χ2v) is 13.0. The van der Waals surface area contributed by atoms with Crippen LogP contribution in [0, 0.1) is 20.2 Å². The van der Waals surface area contributed by atoms with Crippen LogP contribution in [0.15, 0.2) is 105 Å². The fourth-order valence-corrected chi connectivity index (χ4v) is 5.80. The second kappa shape index (κ2) is 20.1. The zero-order valence-corrected chi connectivity index (χ0v) is 34.3. The van der Waals surface area contributed by atoms with E-state index in [4.69, 9.17) is 0 Å². The molecule has 22 nitrogen and oxygen atoms in total. The molecule has 23 heteroatoms. The molecule has 63 heavy (non-hydrogen) atoms. The first-order chi connectivity index (χ1) is 29.3. The largest absolute Gasteiger partial charge is 3.00 e. The van der Waals surface area contributed by atoms with E-state index < -0.39 is 67.4 Å². The van der Waals surface area contributed by atoms with E-state index in [0.29, 0.717) is 32.9 Å². The number of azo groups is 2. The van der Waals surface area contributed by atoms with Crippen molar-refractivity contribution in [1.82, 2.24) is 0 Å². The van der Waals surface area contributed by atoms with Gasteiger partial charge in [-0.15, -0.1) is 0 Å². The van der Waals surface area contributed by atoms with Gasteiger partial charge in [0.15, 0.2) is 0 Å². The predicted octanol–water partition coefficient (Wildman–Crippen LogP) is 6.56. The summed E-state index contributed by atoms with van der Waals surface area (Å²) in [5.74, 6) is -4.62. The van der Waals surface area contributed by atoms with Gasteiger partial charge in [-0.05, 0) is 22.9 Å². The molecule has 0 unspecified atom stereocenters. The standard InChI is InChI=1S/2C20H17N5O6.Cr/c2*1-10(26)21-14-5-3-4-12-6-7-17(28)19(18(12)14)24-23-16-9-13(25(30)31)8-15(20(16)29)22-11(2)27;/h2*3-9,28-29H,1-2H3,(H,21,26)(H,22,27);/q;;+3/p-3. The van der Waals surface area contributed by atoms with Gasteiger partial charge in [-0.25, -0.2) is 0 Å². The Kier molecular flexibility index (Phi) is 15.1. The number of fused-ring (bicyclic) bond motifs is 2. The maximum atomic E-state index is 12.5. The minimum absolute atomic E-state index is 0. The van der Waals surface area contributed by atoms with E-state index in [0.717, 1.165) is 38.1 Å². The first-order valence-corrected chi connectivity index (χ1v) is 17.7. The predicted molar refractivity (Wildman–Crippen MR) is 219 cm³/mol. The van der Waals surface area contributed by atoms with E-state index in [1.165, 1.54) is 26.0 Å². The molecule has 0 bridgehead atoms. The van der Waals surface area contributed by atoms with E-state index in [-0.39, 0.29) is 53.4 Å². The number of non-ortho nitro benzene ring substituents is 2. The quantitative estimate of drug-likeness (QED) is 0.0645. The first-order valence-electron chi connectivity index (χ1n) is 17.7. The fraction of sp³-hybridized carbons (Fsp3) is 0.100. The number of amides is 4. The minimum atomic E-state index is -0.806. The maximum Gasteiger partial charge on any atom is 3.00 e. The van der Waals surface area contributed by atoms with Crippen LogP contribution in [-0.2, 0) is 36.5 Å². The number of anilines is 4.